The number of aromatic nitrogens is 2. The van der Waals surface area contributed by atoms with E-state index in [1.165, 1.54) is 17.0 Å². The van der Waals surface area contributed by atoms with Crippen molar-refractivity contribution in [2.75, 3.05) is 18.5 Å². The van der Waals surface area contributed by atoms with E-state index in [2.05, 4.69) is 32.0 Å². The number of allylic oxidation sites excluding steroid dienone is 1. The van der Waals surface area contributed by atoms with E-state index in [-0.39, 0.29) is 11.7 Å². The van der Waals surface area contributed by atoms with Crippen molar-refractivity contribution in [3.63, 3.8) is 0 Å². The second kappa shape index (κ2) is 11.1. The van der Waals surface area contributed by atoms with E-state index in [4.69, 9.17) is 5.26 Å². The molecule has 0 atom stereocenters. The molecule has 0 spiro atoms. The van der Waals surface area contributed by atoms with Crippen molar-refractivity contribution in [2.24, 2.45) is 0 Å². The zero-order valence-electron chi connectivity index (χ0n) is 20.2. The molecule has 3 rings (SSSR count). The van der Waals surface area contributed by atoms with Gasteiger partial charge in [0, 0.05) is 29.5 Å². The molecule has 0 bridgehead atoms. The molecule has 10 heteroatoms. The average molecular weight is 560 g/mol. The Hall–Kier alpha value is -3.42. The van der Waals surface area contributed by atoms with Crippen LogP contribution in [0.3, 0.4) is 0 Å². The SMILES string of the molecule is C/C(=C(/CN(C)C(C)C)c1c(Br)cnn1-c1ccc(C#N)cc1)N(C=O)c1cccc(C(F)(F)F)c1. The quantitative estimate of drug-likeness (QED) is 0.305. The van der Waals surface area contributed by atoms with Crippen molar-refractivity contribution in [2.45, 2.75) is 33.0 Å². The molecular weight excluding hydrogens is 535 g/mol. The number of hydrogen-bond acceptors (Lipinski definition) is 4. The maximum Gasteiger partial charge on any atom is 0.416 e. The van der Waals surface area contributed by atoms with Crippen molar-refractivity contribution in [3.8, 4) is 11.8 Å². The first kappa shape index (κ1) is 27.2. The van der Waals surface area contributed by atoms with E-state index in [9.17, 15) is 18.0 Å². The number of amides is 1. The molecule has 0 fully saturated rings. The standard InChI is InChI=1S/C26H25BrF3N5O/c1-17(2)33(4)15-23(18(3)34(16-36)22-7-5-6-20(12-22)26(28,29)30)25-24(27)14-32-35(25)21-10-8-19(13-31)9-11-21/h5-12,14,16-17H,15H2,1-4H3/b23-18+. The molecule has 188 valence electrons. The van der Waals surface area contributed by atoms with Crippen LogP contribution >= 0.6 is 15.9 Å². The van der Waals surface area contributed by atoms with Crippen LogP contribution in [0.4, 0.5) is 18.9 Å². The lowest BCUT2D eigenvalue weighted by atomic mass is 10.1. The summed E-state index contributed by atoms with van der Waals surface area (Å²) in [5, 5.41) is 13.6. The lowest BCUT2D eigenvalue weighted by molar-refractivity contribution is -0.137. The summed E-state index contributed by atoms with van der Waals surface area (Å²) in [5.41, 5.74) is 2.21. The topological polar surface area (TPSA) is 65.2 Å². The van der Waals surface area contributed by atoms with E-state index < -0.39 is 11.7 Å². The van der Waals surface area contributed by atoms with Gasteiger partial charge in [-0.1, -0.05) is 6.07 Å². The monoisotopic (exact) mass is 559 g/mol. The van der Waals surface area contributed by atoms with Crippen LogP contribution < -0.4 is 4.90 Å². The fourth-order valence-electron chi connectivity index (χ4n) is 3.58. The van der Waals surface area contributed by atoms with Gasteiger partial charge in [-0.05, 0) is 86.2 Å². The second-order valence-electron chi connectivity index (χ2n) is 8.51. The van der Waals surface area contributed by atoms with Gasteiger partial charge in [-0.25, -0.2) is 4.68 Å². The van der Waals surface area contributed by atoms with Crippen LogP contribution in [0, 0.1) is 11.3 Å². The fourth-order valence-corrected chi connectivity index (χ4v) is 4.08. The van der Waals surface area contributed by atoms with E-state index >= 15 is 0 Å². The third kappa shape index (κ3) is 5.86. The van der Waals surface area contributed by atoms with Gasteiger partial charge in [0.05, 0.1) is 39.2 Å². The van der Waals surface area contributed by atoms with Gasteiger partial charge in [0.2, 0.25) is 6.41 Å². The van der Waals surface area contributed by atoms with E-state index in [0.29, 0.717) is 45.6 Å². The summed E-state index contributed by atoms with van der Waals surface area (Å²) in [4.78, 5) is 15.5. The molecule has 0 aliphatic rings. The number of likely N-dealkylation sites (N-methyl/N-ethyl adjacent to an activating group) is 1. The maximum atomic E-state index is 13.4. The van der Waals surface area contributed by atoms with Crippen LogP contribution in [-0.4, -0.2) is 40.7 Å². The lowest BCUT2D eigenvalue weighted by Gasteiger charge is -2.28. The van der Waals surface area contributed by atoms with Gasteiger partial charge in [0.15, 0.2) is 0 Å². The zero-order valence-corrected chi connectivity index (χ0v) is 21.8. The first-order chi connectivity index (χ1) is 17.0. The highest BCUT2D eigenvalue weighted by Crippen LogP contribution is 2.35. The predicted molar refractivity (Wildman–Crippen MR) is 136 cm³/mol. The molecule has 0 aliphatic carbocycles. The Morgan fingerprint density at radius 1 is 1.22 bits per heavy atom. The van der Waals surface area contributed by atoms with E-state index in [0.717, 1.165) is 12.1 Å². The summed E-state index contributed by atoms with van der Waals surface area (Å²) in [5.74, 6) is 0. The summed E-state index contributed by atoms with van der Waals surface area (Å²) in [6, 6.07) is 13.7. The number of benzene rings is 2. The number of halogens is 4. The molecule has 6 nitrogen and oxygen atoms in total. The smallest absolute Gasteiger partial charge is 0.300 e. The Morgan fingerprint density at radius 2 is 1.89 bits per heavy atom. The van der Waals surface area contributed by atoms with Crippen LogP contribution in [0.1, 0.15) is 37.6 Å². The van der Waals surface area contributed by atoms with Crippen LogP contribution in [-0.2, 0) is 11.0 Å². The minimum Gasteiger partial charge on any atom is -0.300 e. The molecule has 0 saturated heterocycles. The number of rotatable bonds is 8. The summed E-state index contributed by atoms with van der Waals surface area (Å²) >= 11 is 3.56. The molecule has 1 aromatic heterocycles. The Bertz CT molecular complexity index is 1310. The molecule has 0 saturated carbocycles. The minimum atomic E-state index is -4.54. The Kier molecular flexibility index (Phi) is 8.38. The third-order valence-electron chi connectivity index (χ3n) is 5.90. The van der Waals surface area contributed by atoms with Crippen molar-refractivity contribution in [3.05, 3.63) is 81.7 Å². The van der Waals surface area contributed by atoms with Gasteiger partial charge in [0.1, 0.15) is 0 Å². The molecular formula is C26H25BrF3N5O. The van der Waals surface area contributed by atoms with Gasteiger partial charge >= 0.3 is 6.18 Å². The van der Waals surface area contributed by atoms with Crippen molar-refractivity contribution < 1.29 is 18.0 Å². The third-order valence-corrected chi connectivity index (χ3v) is 6.48. The first-order valence-corrected chi connectivity index (χ1v) is 11.8. The molecule has 0 N–H and O–H groups in total. The molecule has 3 aromatic rings. The molecule has 0 aliphatic heterocycles. The number of carbonyl (C=O) groups excluding carboxylic acids is 1. The van der Waals surface area contributed by atoms with Gasteiger partial charge in [-0.15, -0.1) is 0 Å². The molecule has 1 amide bonds. The largest absolute Gasteiger partial charge is 0.416 e. The molecule has 0 unspecified atom stereocenters. The number of alkyl halides is 3. The number of nitriles is 1. The number of anilines is 1. The number of nitrogens with zero attached hydrogens (tertiary/aromatic N) is 5. The van der Waals surface area contributed by atoms with Gasteiger partial charge in [0.25, 0.3) is 0 Å². The first-order valence-electron chi connectivity index (χ1n) is 11.0. The molecule has 2 aromatic carbocycles. The summed E-state index contributed by atoms with van der Waals surface area (Å²) < 4.78 is 42.4. The van der Waals surface area contributed by atoms with E-state index in [1.54, 1.807) is 42.1 Å². The van der Waals surface area contributed by atoms with Crippen molar-refractivity contribution in [1.29, 1.82) is 5.26 Å². The van der Waals surface area contributed by atoms with Crippen LogP contribution in [0.5, 0.6) is 0 Å². The fraction of sp³-hybridized carbons (Fsp3) is 0.269. The number of carbonyl (C=O) groups is 1. The summed E-state index contributed by atoms with van der Waals surface area (Å²) in [6.07, 6.45) is -2.41. The normalized spacial score (nSPS) is 12.5. The average Bonchev–Trinajstić information content (AvgIpc) is 3.23. The van der Waals surface area contributed by atoms with Gasteiger partial charge in [-0.3, -0.25) is 14.6 Å². The molecule has 0 radical (unpaired) electrons. The van der Waals surface area contributed by atoms with Crippen LogP contribution in [0.15, 0.2) is 64.9 Å². The second-order valence-corrected chi connectivity index (χ2v) is 9.36. The van der Waals surface area contributed by atoms with Crippen molar-refractivity contribution >= 4 is 33.6 Å². The highest BCUT2D eigenvalue weighted by atomic mass is 79.9. The predicted octanol–water partition coefficient (Wildman–Crippen LogP) is 6.26. The maximum absolute atomic E-state index is 13.4. The molecule has 36 heavy (non-hydrogen) atoms. The Labute approximate surface area is 216 Å². The van der Waals surface area contributed by atoms with Gasteiger partial charge in [-0.2, -0.15) is 23.5 Å². The minimum absolute atomic E-state index is 0.0996. The summed E-state index contributed by atoms with van der Waals surface area (Å²) in [7, 11) is 1.92. The highest BCUT2D eigenvalue weighted by Gasteiger charge is 2.31. The Balaban J connectivity index is 2.23. The Morgan fingerprint density at radius 3 is 2.44 bits per heavy atom. The van der Waals surface area contributed by atoms with E-state index in [1.807, 2.05) is 20.9 Å². The lowest BCUT2D eigenvalue weighted by Crippen LogP contribution is -2.31. The van der Waals surface area contributed by atoms with Gasteiger partial charge < -0.3 is 0 Å². The van der Waals surface area contributed by atoms with Crippen LogP contribution in [0.25, 0.3) is 11.3 Å². The van der Waals surface area contributed by atoms with Crippen LogP contribution in [0.2, 0.25) is 0 Å². The highest BCUT2D eigenvalue weighted by molar-refractivity contribution is 9.10. The zero-order chi connectivity index (χ0) is 26.6. The summed E-state index contributed by atoms with van der Waals surface area (Å²) in [6.45, 7) is 6.11. The molecule has 1 heterocycles. The number of hydrogen-bond donors (Lipinski definition) is 0. The van der Waals surface area contributed by atoms with Crippen molar-refractivity contribution in [1.82, 2.24) is 14.7 Å².